The molecule has 0 radical (unpaired) electrons. The monoisotopic (exact) mass is 351 g/mol. The second-order valence-corrected chi connectivity index (χ2v) is 6.83. The first-order valence-electron chi connectivity index (χ1n) is 8.00. The van der Waals surface area contributed by atoms with Gasteiger partial charge in [-0.3, -0.25) is 0 Å². The van der Waals surface area contributed by atoms with Gasteiger partial charge in [0.15, 0.2) is 5.82 Å². The molecule has 25 heavy (non-hydrogen) atoms. The maximum atomic E-state index is 11.7. The largest absolute Gasteiger partial charge is 0.465 e. The van der Waals surface area contributed by atoms with E-state index in [9.17, 15) is 4.79 Å². The Balaban J connectivity index is 1.57. The van der Waals surface area contributed by atoms with E-state index in [1.165, 1.54) is 29.8 Å². The molecule has 2 aromatic carbocycles. The zero-order valence-corrected chi connectivity index (χ0v) is 14.8. The van der Waals surface area contributed by atoms with Gasteiger partial charge in [0.2, 0.25) is 5.13 Å². The van der Waals surface area contributed by atoms with Gasteiger partial charge in [0.25, 0.3) is 0 Å². The molecule has 0 atom stereocenters. The van der Waals surface area contributed by atoms with E-state index in [-0.39, 0.29) is 5.97 Å². The number of benzene rings is 2. The highest BCUT2D eigenvalue weighted by molar-refractivity contribution is 7.09. The van der Waals surface area contributed by atoms with E-state index < -0.39 is 0 Å². The Morgan fingerprint density at radius 2 is 2.00 bits per heavy atom. The molecule has 0 bridgehead atoms. The number of aromatic nitrogens is 2. The summed E-state index contributed by atoms with van der Waals surface area (Å²) in [6.45, 7) is 3.56. The molecule has 6 heteroatoms. The quantitative estimate of drug-likeness (QED) is 0.672. The molecular weight excluding hydrogens is 334 g/mol. The number of methoxy groups -OCH3 is 1. The lowest BCUT2D eigenvalue weighted by Gasteiger charge is -2.11. The Bertz CT molecular complexity index is 951. The van der Waals surface area contributed by atoms with Gasteiger partial charge < -0.3 is 9.64 Å². The topological polar surface area (TPSA) is 55.3 Å². The second kappa shape index (κ2) is 6.29. The molecule has 0 spiro atoms. The molecule has 0 aliphatic carbocycles. The van der Waals surface area contributed by atoms with Crippen LogP contribution in [0.1, 0.15) is 27.0 Å². The summed E-state index contributed by atoms with van der Waals surface area (Å²) in [5.74, 6) is 0.453. The molecule has 5 nitrogen and oxygen atoms in total. The molecule has 3 aromatic rings. The normalized spacial score (nSPS) is 13.0. The number of fused-ring (bicyclic) bond motifs is 1. The smallest absolute Gasteiger partial charge is 0.337 e. The Labute approximate surface area is 150 Å². The summed E-state index contributed by atoms with van der Waals surface area (Å²) >= 11 is 1.41. The number of carbonyl (C=O) groups excluding carboxylic acids is 1. The van der Waals surface area contributed by atoms with Crippen LogP contribution in [0, 0.1) is 6.92 Å². The standard InChI is InChI=1S/C19H17N3O2S/c1-12-4-3-5-13(8-12)17-20-19(25-21-17)22-10-15-7-6-14(18(23)24-2)9-16(15)11-22/h3-9H,10-11H2,1-2H3. The zero-order valence-electron chi connectivity index (χ0n) is 14.0. The van der Waals surface area contributed by atoms with Gasteiger partial charge in [-0.1, -0.05) is 29.8 Å². The van der Waals surface area contributed by atoms with Gasteiger partial charge in [0.05, 0.1) is 12.7 Å². The number of rotatable bonds is 3. The lowest BCUT2D eigenvalue weighted by atomic mass is 10.1. The van der Waals surface area contributed by atoms with E-state index >= 15 is 0 Å². The zero-order chi connectivity index (χ0) is 17.4. The Hall–Kier alpha value is -2.73. The van der Waals surface area contributed by atoms with Crippen molar-refractivity contribution < 1.29 is 9.53 Å². The van der Waals surface area contributed by atoms with E-state index in [0.717, 1.165) is 35.2 Å². The molecule has 126 valence electrons. The molecule has 1 aromatic heterocycles. The van der Waals surface area contributed by atoms with Crippen LogP contribution >= 0.6 is 11.5 Å². The van der Waals surface area contributed by atoms with Gasteiger partial charge >= 0.3 is 5.97 Å². The van der Waals surface area contributed by atoms with Crippen molar-refractivity contribution in [3.8, 4) is 11.4 Å². The first-order valence-corrected chi connectivity index (χ1v) is 8.77. The molecule has 0 amide bonds. The number of hydrogen-bond acceptors (Lipinski definition) is 6. The van der Waals surface area contributed by atoms with Gasteiger partial charge in [0, 0.05) is 30.2 Å². The van der Waals surface area contributed by atoms with E-state index in [1.807, 2.05) is 30.3 Å². The maximum absolute atomic E-state index is 11.7. The fourth-order valence-corrected chi connectivity index (χ4v) is 3.71. The fraction of sp³-hybridized carbons (Fsp3) is 0.211. The molecule has 0 fully saturated rings. The van der Waals surface area contributed by atoms with Crippen molar-refractivity contribution in [3.05, 3.63) is 64.7 Å². The fourth-order valence-electron chi connectivity index (χ4n) is 3.02. The van der Waals surface area contributed by atoms with Crippen LogP contribution < -0.4 is 4.90 Å². The SMILES string of the molecule is COC(=O)c1ccc2c(c1)CN(c1nc(-c3cccc(C)c3)ns1)C2. The maximum Gasteiger partial charge on any atom is 0.337 e. The van der Waals surface area contributed by atoms with Crippen LogP contribution in [0.3, 0.4) is 0 Å². The van der Waals surface area contributed by atoms with Gasteiger partial charge in [-0.15, -0.1) is 0 Å². The molecular formula is C19H17N3O2S. The van der Waals surface area contributed by atoms with E-state index in [2.05, 4.69) is 28.3 Å². The predicted octanol–water partition coefficient (Wildman–Crippen LogP) is 3.82. The average molecular weight is 351 g/mol. The lowest BCUT2D eigenvalue weighted by Crippen LogP contribution is -2.13. The van der Waals surface area contributed by atoms with E-state index in [0.29, 0.717) is 5.56 Å². The molecule has 1 aliphatic rings. The van der Waals surface area contributed by atoms with Crippen LogP contribution in [0.5, 0.6) is 0 Å². The predicted molar refractivity (Wildman–Crippen MR) is 97.8 cm³/mol. The molecule has 0 saturated heterocycles. The minimum Gasteiger partial charge on any atom is -0.465 e. The number of carbonyl (C=O) groups is 1. The second-order valence-electron chi connectivity index (χ2n) is 6.10. The Kier molecular flexibility index (Phi) is 3.97. The van der Waals surface area contributed by atoms with Crippen molar-refractivity contribution in [1.29, 1.82) is 0 Å². The number of aryl methyl sites for hydroxylation is 1. The third kappa shape index (κ3) is 3.00. The Morgan fingerprint density at radius 3 is 2.80 bits per heavy atom. The summed E-state index contributed by atoms with van der Waals surface area (Å²) in [5, 5.41) is 0.896. The number of ether oxygens (including phenoxy) is 1. The summed E-state index contributed by atoms with van der Waals surface area (Å²) in [4.78, 5) is 18.6. The highest BCUT2D eigenvalue weighted by Crippen LogP contribution is 2.32. The van der Waals surface area contributed by atoms with Crippen molar-refractivity contribution in [2.45, 2.75) is 20.0 Å². The molecule has 0 N–H and O–H groups in total. The number of anilines is 1. The van der Waals surface area contributed by atoms with Crippen molar-refractivity contribution in [2.75, 3.05) is 12.0 Å². The van der Waals surface area contributed by atoms with Gasteiger partial charge in [-0.2, -0.15) is 9.36 Å². The van der Waals surface area contributed by atoms with Gasteiger partial charge in [-0.05, 0) is 36.2 Å². The first-order chi connectivity index (χ1) is 12.1. The van der Waals surface area contributed by atoms with Crippen molar-refractivity contribution in [3.63, 3.8) is 0 Å². The molecule has 4 rings (SSSR count). The van der Waals surface area contributed by atoms with Gasteiger partial charge in [-0.25, -0.2) is 4.79 Å². The van der Waals surface area contributed by atoms with Crippen molar-refractivity contribution in [2.24, 2.45) is 0 Å². The molecule has 0 unspecified atom stereocenters. The number of esters is 1. The summed E-state index contributed by atoms with van der Waals surface area (Å²) in [6.07, 6.45) is 0. The highest BCUT2D eigenvalue weighted by Gasteiger charge is 2.23. The van der Waals surface area contributed by atoms with Crippen LogP contribution in [0.25, 0.3) is 11.4 Å². The number of hydrogen-bond donors (Lipinski definition) is 0. The first kappa shape index (κ1) is 15.8. The Morgan fingerprint density at radius 1 is 1.16 bits per heavy atom. The molecule has 0 saturated carbocycles. The summed E-state index contributed by atoms with van der Waals surface area (Å²) in [7, 11) is 1.40. The third-order valence-corrected chi connectivity index (χ3v) is 5.09. The van der Waals surface area contributed by atoms with Crippen LogP contribution in [-0.4, -0.2) is 22.4 Å². The average Bonchev–Trinajstić information content (AvgIpc) is 3.27. The molecule has 1 aliphatic heterocycles. The number of nitrogens with zero attached hydrogens (tertiary/aromatic N) is 3. The van der Waals surface area contributed by atoms with Crippen LogP contribution in [-0.2, 0) is 17.8 Å². The minimum absolute atomic E-state index is 0.307. The van der Waals surface area contributed by atoms with Gasteiger partial charge in [0.1, 0.15) is 0 Å². The molecule has 2 heterocycles. The van der Waals surface area contributed by atoms with Crippen LogP contribution in [0.2, 0.25) is 0 Å². The van der Waals surface area contributed by atoms with E-state index in [1.54, 1.807) is 0 Å². The minimum atomic E-state index is -0.307. The van der Waals surface area contributed by atoms with E-state index in [4.69, 9.17) is 9.72 Å². The highest BCUT2D eigenvalue weighted by atomic mass is 32.1. The lowest BCUT2D eigenvalue weighted by molar-refractivity contribution is 0.0600. The summed E-state index contributed by atoms with van der Waals surface area (Å²) in [6, 6.07) is 13.9. The van der Waals surface area contributed by atoms with Crippen LogP contribution in [0.15, 0.2) is 42.5 Å². The van der Waals surface area contributed by atoms with Crippen molar-refractivity contribution in [1.82, 2.24) is 9.36 Å². The summed E-state index contributed by atoms with van der Waals surface area (Å²) in [5.41, 5.74) is 5.15. The van der Waals surface area contributed by atoms with Crippen LogP contribution in [0.4, 0.5) is 5.13 Å². The van der Waals surface area contributed by atoms with Crippen molar-refractivity contribution >= 4 is 22.6 Å². The summed E-state index contributed by atoms with van der Waals surface area (Å²) < 4.78 is 9.31. The third-order valence-electron chi connectivity index (χ3n) is 4.31.